The van der Waals surface area contributed by atoms with Gasteiger partial charge in [-0.3, -0.25) is 9.59 Å². The lowest BCUT2D eigenvalue weighted by Gasteiger charge is -2.18. The molecule has 0 spiro atoms. The summed E-state index contributed by atoms with van der Waals surface area (Å²) < 4.78 is 2.69. The van der Waals surface area contributed by atoms with Crippen molar-refractivity contribution in [3.05, 3.63) is 22.4 Å². The number of halogens is 1. The summed E-state index contributed by atoms with van der Waals surface area (Å²) >= 11 is 3.34. The number of nitrogens with one attached hydrogen (secondary N) is 1. The van der Waals surface area contributed by atoms with E-state index in [0.717, 1.165) is 17.3 Å². The Morgan fingerprint density at radius 1 is 1.53 bits per heavy atom. The van der Waals surface area contributed by atoms with E-state index in [1.54, 1.807) is 6.07 Å². The topological polar surface area (TPSA) is 71.3 Å². The average Bonchev–Trinajstić information content (AvgIpc) is 2.95. The number of hydrogen-bond acceptors (Lipinski definition) is 2. The summed E-state index contributed by atoms with van der Waals surface area (Å²) in [5.41, 5.74) is 0.561. The van der Waals surface area contributed by atoms with Crippen LogP contribution >= 0.6 is 15.9 Å². The van der Waals surface area contributed by atoms with Gasteiger partial charge in [0.1, 0.15) is 5.69 Å². The van der Waals surface area contributed by atoms with Crippen LogP contribution in [-0.2, 0) is 11.3 Å². The highest BCUT2D eigenvalue weighted by Gasteiger charge is 2.34. The molecule has 0 saturated heterocycles. The summed E-state index contributed by atoms with van der Waals surface area (Å²) in [7, 11) is 0. The normalized spacial score (nSPS) is 22.4. The number of aromatic nitrogens is 1. The summed E-state index contributed by atoms with van der Waals surface area (Å²) in [6, 6.07) is 1.49. The first-order chi connectivity index (χ1) is 9.02. The SMILES string of the molecule is CCn1cc(Br)cc1C(=O)N[C@@H]1CCC[C@@H]1C(=O)O. The molecule has 0 unspecified atom stereocenters. The number of carbonyl (C=O) groups is 2. The second-order valence-corrected chi connectivity index (χ2v) is 5.70. The fourth-order valence-electron chi connectivity index (χ4n) is 2.60. The zero-order valence-corrected chi connectivity index (χ0v) is 12.3. The highest BCUT2D eigenvalue weighted by atomic mass is 79.9. The minimum absolute atomic E-state index is 0.203. The molecule has 1 aromatic rings. The Morgan fingerprint density at radius 3 is 2.89 bits per heavy atom. The van der Waals surface area contributed by atoms with Gasteiger partial charge in [-0.2, -0.15) is 0 Å². The first-order valence-electron chi connectivity index (χ1n) is 6.42. The molecule has 1 fully saturated rings. The van der Waals surface area contributed by atoms with Crippen molar-refractivity contribution in [3.8, 4) is 0 Å². The van der Waals surface area contributed by atoms with Gasteiger partial charge in [0.25, 0.3) is 5.91 Å². The number of carbonyl (C=O) groups excluding carboxylic acids is 1. The zero-order chi connectivity index (χ0) is 14.0. The molecule has 1 aliphatic carbocycles. The molecule has 0 bridgehead atoms. The molecular weight excluding hydrogens is 312 g/mol. The van der Waals surface area contributed by atoms with Crippen molar-refractivity contribution in [2.45, 2.75) is 38.8 Å². The van der Waals surface area contributed by atoms with E-state index < -0.39 is 11.9 Å². The molecule has 2 atom stereocenters. The Hall–Kier alpha value is -1.30. The van der Waals surface area contributed by atoms with Crippen LogP contribution in [-0.4, -0.2) is 27.6 Å². The monoisotopic (exact) mass is 328 g/mol. The molecule has 0 aromatic carbocycles. The van der Waals surface area contributed by atoms with E-state index >= 15 is 0 Å². The Balaban J connectivity index is 2.10. The third kappa shape index (κ3) is 3.00. The largest absolute Gasteiger partial charge is 0.481 e. The highest BCUT2D eigenvalue weighted by Crippen LogP contribution is 2.26. The van der Waals surface area contributed by atoms with Crippen molar-refractivity contribution >= 4 is 27.8 Å². The molecule has 5 nitrogen and oxygen atoms in total. The molecule has 104 valence electrons. The number of carboxylic acid groups (broad SMARTS) is 1. The molecule has 1 heterocycles. The van der Waals surface area contributed by atoms with Crippen molar-refractivity contribution in [1.29, 1.82) is 0 Å². The molecular formula is C13H17BrN2O3. The van der Waals surface area contributed by atoms with Crippen LogP contribution < -0.4 is 5.32 Å². The van der Waals surface area contributed by atoms with Crippen LogP contribution in [0.5, 0.6) is 0 Å². The number of rotatable bonds is 4. The number of carboxylic acids is 1. The molecule has 1 amide bonds. The smallest absolute Gasteiger partial charge is 0.308 e. The Labute approximate surface area is 120 Å². The number of aliphatic carboxylic acids is 1. The van der Waals surface area contributed by atoms with Gasteiger partial charge in [0.2, 0.25) is 0 Å². The number of hydrogen-bond donors (Lipinski definition) is 2. The lowest BCUT2D eigenvalue weighted by Crippen LogP contribution is -2.40. The van der Waals surface area contributed by atoms with Crippen molar-refractivity contribution in [2.75, 3.05) is 0 Å². The standard InChI is InChI=1S/C13H17BrN2O3/c1-2-16-7-8(14)6-11(16)12(17)15-10-5-3-4-9(10)13(18)19/h6-7,9-10H,2-5H2,1H3,(H,15,17)(H,18,19)/t9-,10+/m0/s1. The van der Waals surface area contributed by atoms with E-state index in [1.807, 2.05) is 17.7 Å². The quantitative estimate of drug-likeness (QED) is 0.890. The molecule has 1 aliphatic rings. The number of nitrogens with zero attached hydrogens (tertiary/aromatic N) is 1. The molecule has 2 rings (SSSR count). The molecule has 0 aliphatic heterocycles. The van der Waals surface area contributed by atoms with Gasteiger partial charge in [-0.05, 0) is 41.8 Å². The summed E-state index contributed by atoms with van der Waals surface area (Å²) in [4.78, 5) is 23.3. The molecule has 0 radical (unpaired) electrons. The molecule has 19 heavy (non-hydrogen) atoms. The van der Waals surface area contributed by atoms with Crippen LogP contribution in [0.4, 0.5) is 0 Å². The van der Waals surface area contributed by atoms with E-state index in [0.29, 0.717) is 18.7 Å². The van der Waals surface area contributed by atoms with E-state index in [-0.39, 0.29) is 11.9 Å². The van der Waals surface area contributed by atoms with Crippen LogP contribution in [0.15, 0.2) is 16.7 Å². The lowest BCUT2D eigenvalue weighted by atomic mass is 10.0. The molecule has 2 N–H and O–H groups in total. The van der Waals surface area contributed by atoms with Gasteiger partial charge in [0, 0.05) is 23.3 Å². The maximum absolute atomic E-state index is 12.2. The molecule has 1 aromatic heterocycles. The number of aryl methyl sites for hydroxylation is 1. The van der Waals surface area contributed by atoms with Crippen molar-refractivity contribution < 1.29 is 14.7 Å². The predicted octanol–water partition coefficient (Wildman–Crippen LogP) is 2.25. The first kappa shape index (κ1) is 14.1. The summed E-state index contributed by atoms with van der Waals surface area (Å²) in [6.45, 7) is 2.65. The van der Waals surface area contributed by atoms with Gasteiger partial charge in [-0.15, -0.1) is 0 Å². The van der Waals surface area contributed by atoms with Gasteiger partial charge in [0.15, 0.2) is 0 Å². The van der Waals surface area contributed by atoms with Crippen LogP contribution in [0.25, 0.3) is 0 Å². The predicted molar refractivity (Wildman–Crippen MR) is 74.0 cm³/mol. The lowest BCUT2D eigenvalue weighted by molar-refractivity contribution is -0.142. The number of amides is 1. The molecule has 1 saturated carbocycles. The van der Waals surface area contributed by atoms with Crippen molar-refractivity contribution in [3.63, 3.8) is 0 Å². The fraction of sp³-hybridized carbons (Fsp3) is 0.538. The van der Waals surface area contributed by atoms with E-state index in [2.05, 4.69) is 21.2 Å². The summed E-state index contributed by atoms with van der Waals surface area (Å²) in [6.07, 6.45) is 4.06. The van der Waals surface area contributed by atoms with Gasteiger partial charge >= 0.3 is 5.97 Å². The maximum Gasteiger partial charge on any atom is 0.308 e. The maximum atomic E-state index is 12.2. The van der Waals surface area contributed by atoms with Crippen LogP contribution in [0.3, 0.4) is 0 Å². The van der Waals surface area contributed by atoms with Gasteiger partial charge < -0.3 is 15.0 Å². The zero-order valence-electron chi connectivity index (χ0n) is 10.7. The highest BCUT2D eigenvalue weighted by molar-refractivity contribution is 9.10. The van der Waals surface area contributed by atoms with Gasteiger partial charge in [-0.25, -0.2) is 0 Å². The Morgan fingerprint density at radius 2 is 2.26 bits per heavy atom. The van der Waals surface area contributed by atoms with E-state index in [9.17, 15) is 9.59 Å². The summed E-state index contributed by atoms with van der Waals surface area (Å²) in [5, 5.41) is 12.0. The van der Waals surface area contributed by atoms with Crippen LogP contribution in [0.2, 0.25) is 0 Å². The third-order valence-electron chi connectivity index (χ3n) is 3.59. The fourth-order valence-corrected chi connectivity index (χ4v) is 3.06. The van der Waals surface area contributed by atoms with Crippen molar-refractivity contribution in [1.82, 2.24) is 9.88 Å². The van der Waals surface area contributed by atoms with Gasteiger partial charge in [0.05, 0.1) is 5.92 Å². The van der Waals surface area contributed by atoms with Crippen molar-refractivity contribution in [2.24, 2.45) is 5.92 Å². The van der Waals surface area contributed by atoms with Crippen LogP contribution in [0.1, 0.15) is 36.7 Å². The first-order valence-corrected chi connectivity index (χ1v) is 7.21. The summed E-state index contributed by atoms with van der Waals surface area (Å²) in [5.74, 6) is -1.49. The van der Waals surface area contributed by atoms with Gasteiger partial charge in [-0.1, -0.05) is 6.42 Å². The van der Waals surface area contributed by atoms with Crippen LogP contribution in [0, 0.1) is 5.92 Å². The Kier molecular flexibility index (Phi) is 4.29. The minimum Gasteiger partial charge on any atom is -0.481 e. The second-order valence-electron chi connectivity index (χ2n) is 4.79. The van der Waals surface area contributed by atoms with E-state index in [1.165, 1.54) is 0 Å². The molecule has 6 heteroatoms. The third-order valence-corrected chi connectivity index (χ3v) is 4.02. The Bertz CT molecular complexity index is 498. The van der Waals surface area contributed by atoms with E-state index in [4.69, 9.17) is 5.11 Å². The second kappa shape index (κ2) is 5.77. The minimum atomic E-state index is -0.824. The average molecular weight is 329 g/mol.